The second-order valence-electron chi connectivity index (χ2n) is 2.65. The van der Waals surface area contributed by atoms with Gasteiger partial charge in [0.15, 0.2) is 0 Å². The van der Waals surface area contributed by atoms with Crippen LogP contribution >= 0.6 is 67.8 Å². The van der Waals surface area contributed by atoms with Gasteiger partial charge in [0.05, 0.1) is 13.7 Å². The van der Waals surface area contributed by atoms with Gasteiger partial charge >= 0.3 is 0 Å². The van der Waals surface area contributed by atoms with Crippen LogP contribution in [0.4, 0.5) is 0 Å². The summed E-state index contributed by atoms with van der Waals surface area (Å²) in [7, 11) is 3.55. The third-order valence-corrected chi connectivity index (χ3v) is 9.78. The standard InChI is InChI=1S/C8H4S6/c9-6-5-8(14-13-6)12-7(11-5)4-2-1-3-10-4/h1-3,7H/t7-/m1/s1. The highest BCUT2D eigenvalue weighted by atomic mass is 32.9. The molecule has 1 aliphatic heterocycles. The molecule has 0 nitrogen and oxygen atoms in total. The zero-order valence-corrected chi connectivity index (χ0v) is 11.7. The Kier molecular flexibility index (Phi) is 2.76. The van der Waals surface area contributed by atoms with E-state index in [4.69, 9.17) is 12.2 Å². The first-order valence-corrected chi connectivity index (χ1v) is 9.04. The van der Waals surface area contributed by atoms with E-state index >= 15 is 0 Å². The molecule has 0 N–H and O–H groups in total. The van der Waals surface area contributed by atoms with Crippen molar-refractivity contribution in [3.8, 4) is 0 Å². The minimum atomic E-state index is 0.548. The number of rotatable bonds is 1. The maximum Gasteiger partial charge on any atom is 0.116 e. The SMILES string of the molecule is S=c1ssc2c1S[C@@H](c1cccs1)S2. The smallest absolute Gasteiger partial charge is 0.116 e. The van der Waals surface area contributed by atoms with Gasteiger partial charge in [0.1, 0.15) is 3.82 Å². The van der Waals surface area contributed by atoms with E-state index < -0.39 is 0 Å². The van der Waals surface area contributed by atoms with Gasteiger partial charge in [0.2, 0.25) is 0 Å². The van der Waals surface area contributed by atoms with Crippen molar-refractivity contribution < 1.29 is 0 Å². The topological polar surface area (TPSA) is 0 Å². The molecule has 0 amide bonds. The summed E-state index contributed by atoms with van der Waals surface area (Å²) < 4.78 is 3.04. The molecule has 0 fully saturated rings. The summed E-state index contributed by atoms with van der Waals surface area (Å²) in [5, 5.41) is 2.14. The van der Waals surface area contributed by atoms with Crippen molar-refractivity contribution in [2.75, 3.05) is 0 Å². The molecule has 14 heavy (non-hydrogen) atoms. The van der Waals surface area contributed by atoms with E-state index in [-0.39, 0.29) is 0 Å². The zero-order chi connectivity index (χ0) is 9.54. The number of hydrogen-bond donors (Lipinski definition) is 0. The Hall–Kier alpha value is 0.670. The molecule has 0 saturated carbocycles. The Morgan fingerprint density at radius 2 is 2.14 bits per heavy atom. The fourth-order valence-electron chi connectivity index (χ4n) is 1.17. The van der Waals surface area contributed by atoms with E-state index in [0.29, 0.717) is 4.58 Å². The lowest BCUT2D eigenvalue weighted by Gasteiger charge is -2.02. The Bertz CT molecular complexity index is 490. The molecular weight excluding hydrogens is 288 g/mol. The van der Waals surface area contributed by atoms with Crippen LogP contribution in [0.5, 0.6) is 0 Å². The fraction of sp³-hybridized carbons (Fsp3) is 0.125. The molecule has 0 unspecified atom stereocenters. The van der Waals surface area contributed by atoms with Crippen LogP contribution in [0.2, 0.25) is 0 Å². The molecule has 2 aromatic heterocycles. The molecular formula is C8H4S6. The minimum Gasteiger partial charge on any atom is -0.147 e. The molecule has 72 valence electrons. The lowest BCUT2D eigenvalue weighted by Crippen LogP contribution is -1.75. The van der Waals surface area contributed by atoms with Crippen molar-refractivity contribution in [1.82, 2.24) is 0 Å². The maximum atomic E-state index is 5.29. The first-order chi connectivity index (χ1) is 6.84. The van der Waals surface area contributed by atoms with Crippen LogP contribution in [-0.2, 0) is 0 Å². The van der Waals surface area contributed by atoms with Crippen LogP contribution in [0, 0.1) is 3.82 Å². The van der Waals surface area contributed by atoms with E-state index in [1.165, 1.54) is 14.0 Å². The molecule has 1 aliphatic rings. The van der Waals surface area contributed by atoms with E-state index in [2.05, 4.69) is 17.5 Å². The average molecular weight is 293 g/mol. The van der Waals surface area contributed by atoms with Crippen LogP contribution < -0.4 is 0 Å². The molecule has 3 heterocycles. The maximum absolute atomic E-state index is 5.29. The summed E-state index contributed by atoms with van der Waals surface area (Å²) in [6, 6.07) is 4.32. The van der Waals surface area contributed by atoms with Crippen LogP contribution in [0.1, 0.15) is 9.46 Å². The van der Waals surface area contributed by atoms with Crippen molar-refractivity contribution >= 4 is 67.8 Å². The van der Waals surface area contributed by atoms with Crippen molar-refractivity contribution in [3.05, 3.63) is 26.2 Å². The van der Waals surface area contributed by atoms with Crippen LogP contribution in [0.15, 0.2) is 26.6 Å². The second kappa shape index (κ2) is 3.92. The largest absolute Gasteiger partial charge is 0.147 e. The third-order valence-electron chi connectivity index (χ3n) is 1.78. The van der Waals surface area contributed by atoms with Crippen molar-refractivity contribution in [3.63, 3.8) is 0 Å². The second-order valence-corrected chi connectivity index (χ2v) is 9.24. The van der Waals surface area contributed by atoms with Gasteiger partial charge in [0, 0.05) is 4.88 Å². The predicted molar refractivity (Wildman–Crippen MR) is 71.8 cm³/mol. The fourth-order valence-corrected chi connectivity index (χ4v) is 9.05. The minimum absolute atomic E-state index is 0.548. The van der Waals surface area contributed by atoms with Crippen LogP contribution in [0.3, 0.4) is 0 Å². The summed E-state index contributed by atoms with van der Waals surface area (Å²) in [5.74, 6) is 0. The van der Waals surface area contributed by atoms with Gasteiger partial charge in [-0.25, -0.2) is 0 Å². The van der Waals surface area contributed by atoms with Gasteiger partial charge in [-0.2, -0.15) is 0 Å². The molecule has 0 saturated heterocycles. The molecule has 0 bridgehead atoms. The predicted octanol–water partition coefficient (Wildman–Crippen LogP) is 5.50. The summed E-state index contributed by atoms with van der Waals surface area (Å²) >= 11 is 11.0. The summed E-state index contributed by atoms with van der Waals surface area (Å²) in [4.78, 5) is 2.79. The quantitative estimate of drug-likeness (QED) is 0.503. The first-order valence-electron chi connectivity index (χ1n) is 3.84. The zero-order valence-electron chi connectivity index (χ0n) is 6.76. The summed E-state index contributed by atoms with van der Waals surface area (Å²) in [6.07, 6.45) is 0. The molecule has 0 aliphatic carbocycles. The van der Waals surface area contributed by atoms with Gasteiger partial charge in [-0.15, -0.1) is 23.1 Å². The highest BCUT2D eigenvalue weighted by molar-refractivity contribution is 8.20. The van der Waals surface area contributed by atoms with E-state index in [1.807, 2.05) is 45.2 Å². The van der Waals surface area contributed by atoms with E-state index in [0.717, 1.165) is 3.82 Å². The van der Waals surface area contributed by atoms with E-state index in [1.54, 1.807) is 10.3 Å². The summed E-state index contributed by atoms with van der Waals surface area (Å²) in [5.41, 5.74) is 0. The summed E-state index contributed by atoms with van der Waals surface area (Å²) in [6.45, 7) is 0. The highest BCUT2D eigenvalue weighted by Gasteiger charge is 2.28. The molecule has 2 aromatic rings. The van der Waals surface area contributed by atoms with Gasteiger partial charge in [-0.3, -0.25) is 0 Å². The molecule has 6 heteroatoms. The molecule has 0 spiro atoms. The van der Waals surface area contributed by atoms with Gasteiger partial charge in [0.25, 0.3) is 0 Å². The molecule has 0 aromatic carbocycles. The number of fused-ring (bicyclic) bond motifs is 1. The normalized spacial score (nSPS) is 19.9. The molecule has 3 rings (SSSR count). The number of thiophene rings is 1. The lowest BCUT2D eigenvalue weighted by molar-refractivity contribution is 1.42. The Balaban J connectivity index is 1.96. The monoisotopic (exact) mass is 292 g/mol. The van der Waals surface area contributed by atoms with Crippen LogP contribution in [-0.4, -0.2) is 0 Å². The molecule has 0 radical (unpaired) electrons. The Morgan fingerprint density at radius 3 is 2.86 bits per heavy atom. The van der Waals surface area contributed by atoms with Crippen LogP contribution in [0.25, 0.3) is 0 Å². The Labute approximate surface area is 107 Å². The highest BCUT2D eigenvalue weighted by Crippen LogP contribution is 2.60. The number of thioether (sulfide) groups is 2. The van der Waals surface area contributed by atoms with Gasteiger partial charge in [-0.05, 0) is 11.4 Å². The van der Waals surface area contributed by atoms with Crippen molar-refractivity contribution in [2.24, 2.45) is 0 Å². The van der Waals surface area contributed by atoms with E-state index in [9.17, 15) is 0 Å². The molecule has 1 atom stereocenters. The number of hydrogen-bond acceptors (Lipinski definition) is 6. The Morgan fingerprint density at radius 1 is 1.21 bits per heavy atom. The first kappa shape index (κ1) is 9.86. The third kappa shape index (κ3) is 1.62. The van der Waals surface area contributed by atoms with Gasteiger partial charge in [-0.1, -0.05) is 50.7 Å². The van der Waals surface area contributed by atoms with Gasteiger partial charge < -0.3 is 0 Å². The van der Waals surface area contributed by atoms with Crippen molar-refractivity contribution in [1.29, 1.82) is 0 Å². The average Bonchev–Trinajstić information content (AvgIpc) is 2.83. The van der Waals surface area contributed by atoms with Crippen molar-refractivity contribution in [2.45, 2.75) is 13.7 Å². The lowest BCUT2D eigenvalue weighted by atomic mass is 10.5.